The van der Waals surface area contributed by atoms with Gasteiger partial charge in [-0.05, 0) is 44.4 Å². The fraction of sp³-hybridized carbons (Fsp3) is 0.792. The van der Waals surface area contributed by atoms with E-state index in [0.717, 1.165) is 32.1 Å². The first-order valence-corrected chi connectivity index (χ1v) is 11.5. The van der Waals surface area contributed by atoms with E-state index in [0.29, 0.717) is 32.1 Å². The van der Waals surface area contributed by atoms with Gasteiger partial charge >= 0.3 is 5.97 Å². The molecule has 0 amide bonds. The summed E-state index contributed by atoms with van der Waals surface area (Å²) in [6.45, 7) is 2.17. The number of Topliss-reactive ketones (excluding diaryl/α,β-unsaturated/α-hetero) is 2. The van der Waals surface area contributed by atoms with E-state index < -0.39 is 12.1 Å². The number of carboxylic acids is 1. The maximum atomic E-state index is 12.2. The average Bonchev–Trinajstić information content (AvgIpc) is 2.94. The Balaban J connectivity index is 2.28. The summed E-state index contributed by atoms with van der Waals surface area (Å²) >= 11 is 0. The standard InChI is InChI=1S/C24H40O5/c1-2-3-4-7-10-13-19(25)16-17-21-20(22(26)18-23(21)27)14-11-8-5-6-9-12-15-24(28)29/h8,11,20-21,23,27H,2-7,9-10,12-18H2,1H3,(H,28,29)/b11-8-/t20?,21-,23-/m1/s1. The van der Waals surface area contributed by atoms with Crippen LogP contribution in [0.25, 0.3) is 0 Å². The second-order valence-corrected chi connectivity index (χ2v) is 8.45. The Kier molecular flexibility index (Phi) is 13.5. The summed E-state index contributed by atoms with van der Waals surface area (Å²) in [6.07, 6.45) is 15.3. The van der Waals surface area contributed by atoms with Crippen LogP contribution >= 0.6 is 0 Å². The number of unbranched alkanes of at least 4 members (excludes halogenated alkanes) is 7. The number of aliphatic hydroxyl groups is 1. The third kappa shape index (κ3) is 11.3. The van der Waals surface area contributed by atoms with Gasteiger partial charge in [0.2, 0.25) is 0 Å². The number of carbonyl (C=O) groups excluding carboxylic acids is 2. The number of carboxylic acid groups (broad SMARTS) is 1. The number of ketones is 2. The lowest BCUT2D eigenvalue weighted by atomic mass is 9.86. The summed E-state index contributed by atoms with van der Waals surface area (Å²) in [5, 5.41) is 18.9. The molecule has 0 aliphatic heterocycles. The Morgan fingerprint density at radius 1 is 0.966 bits per heavy atom. The van der Waals surface area contributed by atoms with Gasteiger partial charge in [-0.1, -0.05) is 51.2 Å². The minimum Gasteiger partial charge on any atom is -0.481 e. The molecule has 0 spiro atoms. The molecule has 0 aromatic rings. The number of hydrogen-bond donors (Lipinski definition) is 2. The molecule has 1 aliphatic carbocycles. The van der Waals surface area contributed by atoms with Gasteiger partial charge in [0.05, 0.1) is 6.10 Å². The summed E-state index contributed by atoms with van der Waals surface area (Å²) in [4.78, 5) is 34.9. The zero-order chi connectivity index (χ0) is 21.5. The summed E-state index contributed by atoms with van der Waals surface area (Å²) in [7, 11) is 0. The van der Waals surface area contributed by atoms with Gasteiger partial charge in [-0.3, -0.25) is 14.4 Å². The summed E-state index contributed by atoms with van der Waals surface area (Å²) in [6, 6.07) is 0. The van der Waals surface area contributed by atoms with Gasteiger partial charge in [-0.25, -0.2) is 0 Å². The third-order valence-electron chi connectivity index (χ3n) is 5.97. The molecule has 1 saturated carbocycles. The van der Waals surface area contributed by atoms with Crippen molar-refractivity contribution in [2.45, 2.75) is 109 Å². The van der Waals surface area contributed by atoms with Crippen LogP contribution in [0.4, 0.5) is 0 Å². The van der Waals surface area contributed by atoms with Gasteiger partial charge < -0.3 is 10.2 Å². The van der Waals surface area contributed by atoms with Crippen LogP contribution in [0.2, 0.25) is 0 Å². The highest BCUT2D eigenvalue weighted by Crippen LogP contribution is 2.35. The van der Waals surface area contributed by atoms with Crippen LogP contribution < -0.4 is 0 Å². The molecule has 166 valence electrons. The third-order valence-corrected chi connectivity index (χ3v) is 5.97. The molecule has 1 aliphatic rings. The van der Waals surface area contributed by atoms with Gasteiger partial charge in [-0.15, -0.1) is 0 Å². The minimum absolute atomic E-state index is 0.105. The van der Waals surface area contributed by atoms with E-state index in [1.54, 1.807) is 0 Å². The molecule has 0 bridgehead atoms. The SMILES string of the molecule is CCCCCCCC(=O)CC[C@@H]1C(C/C=C\CCCCCC(=O)O)C(=O)C[C@H]1O. The van der Waals surface area contributed by atoms with Crippen LogP contribution in [-0.2, 0) is 14.4 Å². The molecule has 0 aromatic carbocycles. The normalized spacial score (nSPS) is 21.9. The smallest absolute Gasteiger partial charge is 0.303 e. The first-order valence-electron chi connectivity index (χ1n) is 11.5. The fourth-order valence-corrected chi connectivity index (χ4v) is 4.17. The summed E-state index contributed by atoms with van der Waals surface area (Å²) in [5.74, 6) is -0.665. The molecule has 0 aromatic heterocycles. The fourth-order valence-electron chi connectivity index (χ4n) is 4.17. The lowest BCUT2D eigenvalue weighted by Crippen LogP contribution is -2.21. The van der Waals surface area contributed by atoms with Crippen LogP contribution in [0.5, 0.6) is 0 Å². The lowest BCUT2D eigenvalue weighted by molar-refractivity contribution is -0.137. The number of rotatable bonds is 17. The predicted octanol–water partition coefficient (Wildman–Crippen LogP) is 5.24. The Morgan fingerprint density at radius 2 is 1.66 bits per heavy atom. The molecule has 1 rings (SSSR count). The highest BCUT2D eigenvalue weighted by atomic mass is 16.4. The topological polar surface area (TPSA) is 91.7 Å². The molecule has 1 fully saturated rings. The van der Waals surface area contributed by atoms with Crippen molar-refractivity contribution in [2.24, 2.45) is 11.8 Å². The zero-order valence-electron chi connectivity index (χ0n) is 18.1. The van der Waals surface area contributed by atoms with Crippen LogP contribution in [-0.4, -0.2) is 33.9 Å². The van der Waals surface area contributed by atoms with Crippen molar-refractivity contribution in [1.82, 2.24) is 0 Å². The summed E-state index contributed by atoms with van der Waals surface area (Å²) < 4.78 is 0. The van der Waals surface area contributed by atoms with Gasteiger partial charge in [0.15, 0.2) is 0 Å². The summed E-state index contributed by atoms with van der Waals surface area (Å²) in [5.41, 5.74) is 0. The largest absolute Gasteiger partial charge is 0.481 e. The van der Waals surface area contributed by atoms with E-state index in [1.807, 2.05) is 6.08 Å². The quantitative estimate of drug-likeness (QED) is 0.253. The van der Waals surface area contributed by atoms with Gasteiger partial charge in [-0.2, -0.15) is 0 Å². The van der Waals surface area contributed by atoms with E-state index in [4.69, 9.17) is 5.11 Å². The van der Waals surface area contributed by atoms with E-state index in [2.05, 4.69) is 13.0 Å². The van der Waals surface area contributed by atoms with Crippen molar-refractivity contribution in [3.63, 3.8) is 0 Å². The van der Waals surface area contributed by atoms with E-state index in [1.165, 1.54) is 19.3 Å². The number of aliphatic hydroxyl groups excluding tert-OH is 1. The van der Waals surface area contributed by atoms with Crippen molar-refractivity contribution in [2.75, 3.05) is 0 Å². The molecule has 3 atom stereocenters. The Labute approximate surface area is 176 Å². The molecule has 1 unspecified atom stereocenters. The van der Waals surface area contributed by atoms with Crippen LogP contribution in [0.15, 0.2) is 12.2 Å². The molecule has 0 radical (unpaired) electrons. The number of allylic oxidation sites excluding steroid dienone is 2. The highest BCUT2D eigenvalue weighted by Gasteiger charge is 2.40. The van der Waals surface area contributed by atoms with Gasteiger partial charge in [0.1, 0.15) is 11.6 Å². The maximum absolute atomic E-state index is 12.2. The minimum atomic E-state index is -0.750. The van der Waals surface area contributed by atoms with Crippen LogP contribution in [0.3, 0.4) is 0 Å². The number of hydrogen-bond acceptors (Lipinski definition) is 4. The van der Waals surface area contributed by atoms with Crippen LogP contribution in [0, 0.1) is 11.8 Å². The highest BCUT2D eigenvalue weighted by molar-refractivity contribution is 5.84. The van der Waals surface area contributed by atoms with E-state index in [9.17, 15) is 19.5 Å². The molecule has 5 heteroatoms. The molecule has 0 saturated heterocycles. The van der Waals surface area contributed by atoms with E-state index in [-0.39, 0.29) is 36.2 Å². The average molecular weight is 409 g/mol. The van der Waals surface area contributed by atoms with Crippen molar-refractivity contribution in [3.8, 4) is 0 Å². The molecular weight excluding hydrogens is 368 g/mol. The first-order chi connectivity index (χ1) is 14.0. The Bertz CT molecular complexity index is 525. The van der Waals surface area contributed by atoms with Crippen molar-refractivity contribution >= 4 is 17.5 Å². The maximum Gasteiger partial charge on any atom is 0.303 e. The lowest BCUT2D eigenvalue weighted by Gasteiger charge is -2.19. The molecule has 29 heavy (non-hydrogen) atoms. The number of carbonyl (C=O) groups is 3. The van der Waals surface area contributed by atoms with E-state index >= 15 is 0 Å². The van der Waals surface area contributed by atoms with Gasteiger partial charge in [0.25, 0.3) is 0 Å². The monoisotopic (exact) mass is 408 g/mol. The molecule has 2 N–H and O–H groups in total. The first kappa shape index (κ1) is 25.5. The van der Waals surface area contributed by atoms with Crippen molar-refractivity contribution in [1.29, 1.82) is 0 Å². The van der Waals surface area contributed by atoms with Crippen LogP contribution in [0.1, 0.15) is 103 Å². The number of aliphatic carboxylic acids is 1. The van der Waals surface area contributed by atoms with Gasteiger partial charge in [0, 0.05) is 31.6 Å². The molecular formula is C24H40O5. The second-order valence-electron chi connectivity index (χ2n) is 8.45. The van der Waals surface area contributed by atoms with Crippen molar-refractivity contribution < 1.29 is 24.6 Å². The molecule has 5 nitrogen and oxygen atoms in total. The second kappa shape index (κ2) is 15.4. The Morgan fingerprint density at radius 3 is 2.38 bits per heavy atom. The molecule has 0 heterocycles. The predicted molar refractivity (Wildman–Crippen MR) is 115 cm³/mol. The Hall–Kier alpha value is -1.49. The zero-order valence-corrected chi connectivity index (χ0v) is 18.1. The van der Waals surface area contributed by atoms with Crippen molar-refractivity contribution in [3.05, 3.63) is 12.2 Å².